The van der Waals surface area contributed by atoms with E-state index in [1.165, 1.54) is 6.92 Å². The van der Waals surface area contributed by atoms with Gasteiger partial charge in [-0.3, -0.25) is 9.59 Å². The van der Waals surface area contributed by atoms with Gasteiger partial charge < -0.3 is 9.84 Å². The van der Waals surface area contributed by atoms with Crippen LogP contribution in [0.5, 0.6) is 0 Å². The summed E-state index contributed by atoms with van der Waals surface area (Å²) in [6.45, 7) is 5.17. The molecule has 1 aromatic carbocycles. The Labute approximate surface area is 123 Å². The Kier molecular flexibility index (Phi) is 4.52. The summed E-state index contributed by atoms with van der Waals surface area (Å²) in [4.78, 5) is 23.5. The van der Waals surface area contributed by atoms with Crippen LogP contribution in [-0.2, 0) is 11.2 Å². The molecule has 110 valence electrons. The van der Waals surface area contributed by atoms with E-state index in [4.69, 9.17) is 4.52 Å². The summed E-state index contributed by atoms with van der Waals surface area (Å²) in [7, 11) is 0. The van der Waals surface area contributed by atoms with Crippen molar-refractivity contribution < 1.29 is 14.1 Å². The number of aryl methyl sites for hydroxylation is 2. The molecule has 0 saturated heterocycles. The third-order valence-electron chi connectivity index (χ3n) is 3.36. The van der Waals surface area contributed by atoms with Crippen molar-refractivity contribution in [3.05, 3.63) is 46.8 Å². The van der Waals surface area contributed by atoms with Gasteiger partial charge in [-0.2, -0.15) is 0 Å². The summed E-state index contributed by atoms with van der Waals surface area (Å²) in [6.07, 6.45) is 0.879. The van der Waals surface area contributed by atoms with Crippen LogP contribution >= 0.6 is 0 Å². The summed E-state index contributed by atoms with van der Waals surface area (Å²) < 4.78 is 5.07. The maximum absolute atomic E-state index is 12.0. The number of hydrogen-bond acceptors (Lipinski definition) is 4. The average Bonchev–Trinajstić information content (AvgIpc) is 2.76. The van der Waals surface area contributed by atoms with Gasteiger partial charge in [-0.25, -0.2) is 0 Å². The first-order valence-electron chi connectivity index (χ1n) is 6.80. The quantitative estimate of drug-likeness (QED) is 0.857. The molecule has 0 fully saturated rings. The molecule has 5 nitrogen and oxygen atoms in total. The lowest BCUT2D eigenvalue weighted by atomic mass is 10.1. The number of carbonyl (C=O) groups is 2. The van der Waals surface area contributed by atoms with Gasteiger partial charge in [-0.1, -0.05) is 17.3 Å². The lowest BCUT2D eigenvalue weighted by Gasteiger charge is -2.08. The molecule has 21 heavy (non-hydrogen) atoms. The van der Waals surface area contributed by atoms with Crippen molar-refractivity contribution in [2.24, 2.45) is 0 Å². The van der Waals surface area contributed by atoms with E-state index >= 15 is 0 Å². The highest BCUT2D eigenvalue weighted by Gasteiger charge is 2.13. The fourth-order valence-electron chi connectivity index (χ4n) is 2.21. The lowest BCUT2D eigenvalue weighted by Crippen LogP contribution is -2.14. The summed E-state index contributed by atoms with van der Waals surface area (Å²) >= 11 is 0. The van der Waals surface area contributed by atoms with Gasteiger partial charge in [0, 0.05) is 17.5 Å². The van der Waals surface area contributed by atoms with Crippen molar-refractivity contribution in [2.75, 3.05) is 5.32 Å². The molecule has 0 aliphatic heterocycles. The standard InChI is InChI=1S/C16H18N2O3/c1-10-13(12(3)21-18-10)8-9-16(20)17-15-7-5-4-6-14(15)11(2)19/h4-7H,8-9H2,1-3H3,(H,17,20). The maximum Gasteiger partial charge on any atom is 0.224 e. The molecule has 0 aliphatic carbocycles. The van der Waals surface area contributed by atoms with Crippen LogP contribution in [0.2, 0.25) is 0 Å². The Bertz CT molecular complexity index is 654. The summed E-state index contributed by atoms with van der Waals surface area (Å²) in [5.41, 5.74) is 2.84. The number of aromatic nitrogens is 1. The van der Waals surface area contributed by atoms with Crippen LogP contribution in [0.15, 0.2) is 28.8 Å². The van der Waals surface area contributed by atoms with Crippen molar-refractivity contribution in [1.82, 2.24) is 5.16 Å². The second-order valence-corrected chi connectivity index (χ2v) is 4.95. The second kappa shape index (κ2) is 6.35. The Hall–Kier alpha value is -2.43. The van der Waals surface area contributed by atoms with Gasteiger partial charge in [0.25, 0.3) is 0 Å². The number of hydrogen-bond donors (Lipinski definition) is 1. The molecule has 1 aromatic heterocycles. The number of anilines is 1. The molecule has 2 rings (SSSR count). The number of nitrogens with zero attached hydrogens (tertiary/aromatic N) is 1. The minimum Gasteiger partial charge on any atom is -0.361 e. The molecule has 2 aromatic rings. The molecule has 1 amide bonds. The molecule has 0 unspecified atom stereocenters. The molecule has 0 saturated carbocycles. The number of ketones is 1. The van der Waals surface area contributed by atoms with Gasteiger partial charge in [0.2, 0.25) is 5.91 Å². The largest absolute Gasteiger partial charge is 0.361 e. The molecule has 0 bridgehead atoms. The Morgan fingerprint density at radius 3 is 2.57 bits per heavy atom. The zero-order valence-corrected chi connectivity index (χ0v) is 12.4. The van der Waals surface area contributed by atoms with Crippen molar-refractivity contribution >= 4 is 17.4 Å². The number of rotatable bonds is 5. The first kappa shape index (κ1) is 15.0. The number of Topliss-reactive ketones (excluding diaryl/α,β-unsaturated/α-hetero) is 1. The first-order chi connectivity index (χ1) is 9.99. The van der Waals surface area contributed by atoms with E-state index in [1.807, 2.05) is 13.8 Å². The van der Waals surface area contributed by atoms with Gasteiger partial charge in [0.1, 0.15) is 5.76 Å². The minimum atomic E-state index is -0.135. The molecular weight excluding hydrogens is 268 g/mol. The minimum absolute atomic E-state index is 0.0726. The van der Waals surface area contributed by atoms with E-state index in [0.29, 0.717) is 24.1 Å². The van der Waals surface area contributed by atoms with Gasteiger partial charge in [0.05, 0.1) is 11.4 Å². The van der Waals surface area contributed by atoms with Crippen LogP contribution in [-0.4, -0.2) is 16.8 Å². The molecule has 5 heteroatoms. The van der Waals surface area contributed by atoms with Crippen LogP contribution in [0.3, 0.4) is 0 Å². The average molecular weight is 286 g/mol. The lowest BCUT2D eigenvalue weighted by molar-refractivity contribution is -0.116. The highest BCUT2D eigenvalue weighted by Crippen LogP contribution is 2.17. The van der Waals surface area contributed by atoms with Crippen molar-refractivity contribution in [2.45, 2.75) is 33.6 Å². The molecule has 0 atom stereocenters. The van der Waals surface area contributed by atoms with Crippen molar-refractivity contribution in [3.63, 3.8) is 0 Å². The number of amides is 1. The fourth-order valence-corrected chi connectivity index (χ4v) is 2.21. The van der Waals surface area contributed by atoms with Gasteiger partial charge in [0.15, 0.2) is 5.78 Å². The number of nitrogens with one attached hydrogen (secondary N) is 1. The molecule has 0 spiro atoms. The Balaban J connectivity index is 2.01. The van der Waals surface area contributed by atoms with Crippen molar-refractivity contribution in [3.8, 4) is 0 Å². The third-order valence-corrected chi connectivity index (χ3v) is 3.36. The molecule has 0 radical (unpaired) electrons. The predicted octanol–water partition coefficient (Wildman–Crippen LogP) is 3.07. The van der Waals surface area contributed by atoms with Gasteiger partial charge >= 0.3 is 0 Å². The van der Waals surface area contributed by atoms with Gasteiger partial charge in [-0.05, 0) is 39.3 Å². The van der Waals surface area contributed by atoms with E-state index in [2.05, 4.69) is 10.5 Å². The molecule has 0 aliphatic rings. The SMILES string of the molecule is CC(=O)c1ccccc1NC(=O)CCc1c(C)noc1C. The monoisotopic (exact) mass is 286 g/mol. The highest BCUT2D eigenvalue weighted by atomic mass is 16.5. The Morgan fingerprint density at radius 1 is 1.24 bits per heavy atom. The molecule has 1 N–H and O–H groups in total. The van der Waals surface area contributed by atoms with E-state index in [9.17, 15) is 9.59 Å². The second-order valence-electron chi connectivity index (χ2n) is 4.95. The molecular formula is C16H18N2O3. The van der Waals surface area contributed by atoms with Gasteiger partial charge in [-0.15, -0.1) is 0 Å². The van der Waals surface area contributed by atoms with Crippen LogP contribution < -0.4 is 5.32 Å². The fraction of sp³-hybridized carbons (Fsp3) is 0.312. The van der Waals surface area contributed by atoms with E-state index in [-0.39, 0.29) is 11.7 Å². The predicted molar refractivity (Wildman–Crippen MR) is 79.4 cm³/mol. The normalized spacial score (nSPS) is 10.4. The molecule has 1 heterocycles. The summed E-state index contributed by atoms with van der Waals surface area (Å²) in [5, 5.41) is 6.65. The number of benzene rings is 1. The topological polar surface area (TPSA) is 72.2 Å². The smallest absolute Gasteiger partial charge is 0.224 e. The van der Waals surface area contributed by atoms with Crippen LogP contribution in [0, 0.1) is 13.8 Å². The zero-order valence-electron chi connectivity index (χ0n) is 12.4. The summed E-state index contributed by atoms with van der Waals surface area (Å²) in [5.74, 6) is 0.532. The maximum atomic E-state index is 12.0. The van der Waals surface area contributed by atoms with E-state index < -0.39 is 0 Å². The van der Waals surface area contributed by atoms with Crippen LogP contribution in [0.25, 0.3) is 0 Å². The highest BCUT2D eigenvalue weighted by molar-refractivity contribution is 6.03. The number of carbonyl (C=O) groups excluding carboxylic acids is 2. The Morgan fingerprint density at radius 2 is 1.95 bits per heavy atom. The van der Waals surface area contributed by atoms with E-state index in [0.717, 1.165) is 17.0 Å². The third kappa shape index (κ3) is 3.56. The van der Waals surface area contributed by atoms with Crippen LogP contribution in [0.1, 0.15) is 40.7 Å². The summed E-state index contributed by atoms with van der Waals surface area (Å²) in [6, 6.07) is 6.99. The number of para-hydroxylation sites is 1. The first-order valence-corrected chi connectivity index (χ1v) is 6.80. The zero-order chi connectivity index (χ0) is 15.4. The van der Waals surface area contributed by atoms with E-state index in [1.54, 1.807) is 24.3 Å². The van der Waals surface area contributed by atoms with Crippen molar-refractivity contribution in [1.29, 1.82) is 0 Å². The van der Waals surface area contributed by atoms with Crippen LogP contribution in [0.4, 0.5) is 5.69 Å².